The zero-order chi connectivity index (χ0) is 13.9. The van der Waals surface area contributed by atoms with Gasteiger partial charge in [-0.3, -0.25) is 4.90 Å². The molecule has 1 rings (SSSR count). The molecule has 1 aromatic rings. The Morgan fingerprint density at radius 2 is 2.00 bits per heavy atom. The van der Waals surface area contributed by atoms with Crippen LogP contribution in [0.1, 0.15) is 34.6 Å². The molecule has 1 aromatic heterocycles. The molecule has 0 atom stereocenters. The number of hydrogen-bond donors (Lipinski definition) is 0. The van der Waals surface area contributed by atoms with Crippen LogP contribution in [0.3, 0.4) is 0 Å². The predicted molar refractivity (Wildman–Crippen MR) is 75.8 cm³/mol. The number of halogens is 1. The van der Waals surface area contributed by atoms with Gasteiger partial charge in [0, 0.05) is 16.7 Å². The molecule has 4 nitrogen and oxygen atoms in total. The summed E-state index contributed by atoms with van der Waals surface area (Å²) in [6.45, 7) is 9.39. The van der Waals surface area contributed by atoms with Crippen molar-refractivity contribution in [2.45, 2.75) is 46.3 Å². The van der Waals surface area contributed by atoms with Crippen LogP contribution in [0.2, 0.25) is 0 Å². The molecule has 0 aliphatic carbocycles. The zero-order valence-electron chi connectivity index (χ0n) is 11.4. The molecule has 0 aliphatic rings. The predicted octanol–water partition coefficient (Wildman–Crippen LogP) is 3.99. The number of carbonyl (C=O) groups is 1. The van der Waals surface area contributed by atoms with E-state index in [1.807, 2.05) is 40.7 Å². The Bertz CT molecular complexity index is 410. The topological polar surface area (TPSA) is 42.4 Å². The second-order valence-corrected chi connectivity index (χ2v) is 6.19. The first kappa shape index (κ1) is 15.0. The molecule has 0 aromatic carbocycles. The number of carbonyl (C=O) groups excluding carboxylic acids is 1. The average molecular weight is 315 g/mol. The fourth-order valence-corrected chi connectivity index (χ4v) is 1.63. The van der Waals surface area contributed by atoms with Crippen molar-refractivity contribution in [3.05, 3.63) is 22.8 Å². The third kappa shape index (κ3) is 4.29. The second-order valence-electron chi connectivity index (χ2n) is 5.28. The minimum absolute atomic E-state index is 0.0199. The normalized spacial score (nSPS) is 11.5. The van der Waals surface area contributed by atoms with Crippen molar-refractivity contribution in [2.24, 2.45) is 0 Å². The minimum Gasteiger partial charge on any atom is -0.443 e. The van der Waals surface area contributed by atoms with Crippen molar-refractivity contribution in [3.8, 4) is 0 Å². The number of pyridine rings is 1. The third-order valence-corrected chi connectivity index (χ3v) is 2.53. The quantitative estimate of drug-likeness (QED) is 0.828. The first-order chi connectivity index (χ1) is 8.20. The maximum Gasteiger partial charge on any atom is 0.416 e. The maximum atomic E-state index is 12.1. The number of ether oxygens (including phenoxy) is 1. The Hall–Kier alpha value is -1.10. The average Bonchev–Trinajstić information content (AvgIpc) is 2.18. The van der Waals surface area contributed by atoms with Gasteiger partial charge in [0.15, 0.2) is 0 Å². The lowest BCUT2D eigenvalue weighted by Gasteiger charge is -2.29. The molecule has 1 heterocycles. The monoisotopic (exact) mass is 314 g/mol. The van der Waals surface area contributed by atoms with Crippen molar-refractivity contribution in [1.29, 1.82) is 0 Å². The van der Waals surface area contributed by atoms with Crippen LogP contribution in [-0.2, 0) is 4.74 Å². The smallest absolute Gasteiger partial charge is 0.416 e. The van der Waals surface area contributed by atoms with Gasteiger partial charge >= 0.3 is 6.09 Å². The lowest BCUT2D eigenvalue weighted by Crippen LogP contribution is -2.41. The van der Waals surface area contributed by atoms with E-state index in [0.29, 0.717) is 5.82 Å². The molecule has 0 radical (unpaired) electrons. The summed E-state index contributed by atoms with van der Waals surface area (Å²) in [7, 11) is 0. The van der Waals surface area contributed by atoms with Crippen molar-refractivity contribution in [3.63, 3.8) is 0 Å². The maximum absolute atomic E-state index is 12.1. The molecule has 18 heavy (non-hydrogen) atoms. The van der Waals surface area contributed by atoms with Crippen LogP contribution in [0.4, 0.5) is 10.6 Å². The second kappa shape index (κ2) is 5.69. The van der Waals surface area contributed by atoms with Gasteiger partial charge in [0.25, 0.3) is 0 Å². The van der Waals surface area contributed by atoms with E-state index in [9.17, 15) is 4.79 Å². The minimum atomic E-state index is -0.514. The van der Waals surface area contributed by atoms with E-state index >= 15 is 0 Å². The Kier molecular flexibility index (Phi) is 4.73. The number of aromatic nitrogens is 1. The van der Waals surface area contributed by atoms with Gasteiger partial charge in [-0.25, -0.2) is 9.78 Å². The van der Waals surface area contributed by atoms with E-state index in [-0.39, 0.29) is 12.1 Å². The van der Waals surface area contributed by atoms with E-state index in [1.165, 1.54) is 4.90 Å². The SMILES string of the molecule is CC(C)N(C(=O)OC(C)(C)C)c1ccc(Br)cn1. The molecule has 0 aliphatic heterocycles. The number of anilines is 1. The fourth-order valence-electron chi connectivity index (χ4n) is 1.39. The van der Waals surface area contributed by atoms with Gasteiger partial charge in [-0.15, -0.1) is 0 Å². The van der Waals surface area contributed by atoms with Gasteiger partial charge in [-0.1, -0.05) is 0 Å². The number of amides is 1. The van der Waals surface area contributed by atoms with E-state index < -0.39 is 5.60 Å². The van der Waals surface area contributed by atoms with Crippen LogP contribution >= 0.6 is 15.9 Å². The molecule has 0 saturated carbocycles. The first-order valence-electron chi connectivity index (χ1n) is 5.84. The summed E-state index contributed by atoms with van der Waals surface area (Å²) in [6, 6.07) is 3.62. The van der Waals surface area contributed by atoms with Crippen LogP contribution in [0.15, 0.2) is 22.8 Å². The molecule has 1 amide bonds. The van der Waals surface area contributed by atoms with Crippen molar-refractivity contribution in [1.82, 2.24) is 4.98 Å². The van der Waals surface area contributed by atoms with Gasteiger partial charge in [0.1, 0.15) is 11.4 Å². The first-order valence-corrected chi connectivity index (χ1v) is 6.64. The van der Waals surface area contributed by atoms with Crippen LogP contribution in [0.5, 0.6) is 0 Å². The third-order valence-electron chi connectivity index (χ3n) is 2.07. The molecule has 0 bridgehead atoms. The van der Waals surface area contributed by atoms with Gasteiger partial charge in [-0.2, -0.15) is 0 Å². The highest BCUT2D eigenvalue weighted by Crippen LogP contribution is 2.20. The lowest BCUT2D eigenvalue weighted by molar-refractivity contribution is 0.0569. The summed E-state index contributed by atoms with van der Waals surface area (Å²) in [5.41, 5.74) is -0.514. The lowest BCUT2D eigenvalue weighted by atomic mass is 10.2. The molecule has 100 valence electrons. The largest absolute Gasteiger partial charge is 0.443 e. The molecule has 0 unspecified atom stereocenters. The summed E-state index contributed by atoms with van der Waals surface area (Å²) in [4.78, 5) is 17.9. The Labute approximate surface area is 116 Å². The summed E-state index contributed by atoms with van der Waals surface area (Å²) in [5, 5.41) is 0. The number of nitrogens with zero attached hydrogens (tertiary/aromatic N) is 2. The Morgan fingerprint density at radius 3 is 2.39 bits per heavy atom. The van der Waals surface area contributed by atoms with E-state index in [1.54, 1.807) is 12.3 Å². The van der Waals surface area contributed by atoms with Gasteiger partial charge in [0.2, 0.25) is 0 Å². The summed E-state index contributed by atoms with van der Waals surface area (Å²) < 4.78 is 6.26. The molecular formula is C13H19BrN2O2. The summed E-state index contributed by atoms with van der Waals surface area (Å²) in [6.07, 6.45) is 1.28. The fraction of sp³-hybridized carbons (Fsp3) is 0.538. The Morgan fingerprint density at radius 1 is 1.39 bits per heavy atom. The van der Waals surface area contributed by atoms with E-state index in [2.05, 4.69) is 20.9 Å². The summed E-state index contributed by atoms with van der Waals surface area (Å²) in [5.74, 6) is 0.586. The Balaban J connectivity index is 2.96. The van der Waals surface area contributed by atoms with Crippen LogP contribution < -0.4 is 4.90 Å². The van der Waals surface area contributed by atoms with Crippen LogP contribution in [0, 0.1) is 0 Å². The molecule has 5 heteroatoms. The highest BCUT2D eigenvalue weighted by atomic mass is 79.9. The molecule has 0 saturated heterocycles. The van der Waals surface area contributed by atoms with E-state index in [4.69, 9.17) is 4.74 Å². The standard InChI is InChI=1S/C13H19BrN2O2/c1-9(2)16(12(17)18-13(3,4)5)11-7-6-10(14)8-15-11/h6-9H,1-5H3. The number of rotatable bonds is 2. The number of hydrogen-bond acceptors (Lipinski definition) is 3. The van der Waals surface area contributed by atoms with E-state index in [0.717, 1.165) is 4.47 Å². The van der Waals surface area contributed by atoms with Crippen LogP contribution in [-0.4, -0.2) is 22.7 Å². The van der Waals surface area contributed by atoms with Crippen molar-refractivity contribution < 1.29 is 9.53 Å². The van der Waals surface area contributed by atoms with Crippen molar-refractivity contribution >= 4 is 27.8 Å². The molecule has 0 spiro atoms. The van der Waals surface area contributed by atoms with Gasteiger partial charge in [-0.05, 0) is 62.7 Å². The van der Waals surface area contributed by atoms with Gasteiger partial charge < -0.3 is 4.74 Å². The van der Waals surface area contributed by atoms with Crippen LogP contribution in [0.25, 0.3) is 0 Å². The highest BCUT2D eigenvalue weighted by molar-refractivity contribution is 9.10. The summed E-state index contributed by atoms with van der Waals surface area (Å²) >= 11 is 3.32. The highest BCUT2D eigenvalue weighted by Gasteiger charge is 2.26. The zero-order valence-corrected chi connectivity index (χ0v) is 13.0. The van der Waals surface area contributed by atoms with Crippen molar-refractivity contribution in [2.75, 3.05) is 4.90 Å². The molecule has 0 N–H and O–H groups in total. The van der Waals surface area contributed by atoms with Gasteiger partial charge in [0.05, 0.1) is 0 Å². The molecule has 0 fully saturated rings. The molecular weight excluding hydrogens is 296 g/mol.